The lowest BCUT2D eigenvalue weighted by Crippen LogP contribution is -2.49. The normalized spacial score (nSPS) is 19.5. The molecule has 1 aromatic heterocycles. The minimum Gasteiger partial charge on any atom is -0.479 e. The van der Waals surface area contributed by atoms with Crippen LogP contribution in [0.3, 0.4) is 0 Å². The molecule has 2 rings (SSSR count). The van der Waals surface area contributed by atoms with E-state index in [1.54, 1.807) is 12.4 Å². The summed E-state index contributed by atoms with van der Waals surface area (Å²) in [5.41, 5.74) is 0.482. The fraction of sp³-hybridized carbons (Fsp3) is 0.571. The third-order valence-electron chi connectivity index (χ3n) is 3.61. The molecule has 0 bridgehead atoms. The van der Waals surface area contributed by atoms with Crippen LogP contribution in [0.15, 0.2) is 12.4 Å². The zero-order valence-electron chi connectivity index (χ0n) is 12.7. The second kappa shape index (κ2) is 7.17. The van der Waals surface area contributed by atoms with Crippen LogP contribution in [0.5, 0.6) is 0 Å². The average molecular weight is 308 g/mol. The standard InChI is InChI=1S/C14H20N4O4/c1-3-9(2)12-15-6-10(7-16-12)17-14(21)18-4-5-22-11(8-18)13(19)20/h6-7,9,11H,3-5,8H2,1-2H3,(H,17,21)(H,19,20). The molecule has 2 amide bonds. The van der Waals surface area contributed by atoms with Crippen LogP contribution >= 0.6 is 0 Å². The number of morpholine rings is 1. The van der Waals surface area contributed by atoms with Crippen LogP contribution in [0, 0.1) is 0 Å². The molecular formula is C14H20N4O4. The summed E-state index contributed by atoms with van der Waals surface area (Å²) in [6.07, 6.45) is 3.07. The van der Waals surface area contributed by atoms with Gasteiger partial charge in [0.05, 0.1) is 31.2 Å². The van der Waals surface area contributed by atoms with Gasteiger partial charge in [-0.3, -0.25) is 0 Å². The number of aromatic nitrogens is 2. The summed E-state index contributed by atoms with van der Waals surface area (Å²) in [6.45, 7) is 4.66. The zero-order valence-corrected chi connectivity index (χ0v) is 12.7. The van der Waals surface area contributed by atoms with Crippen LogP contribution in [-0.4, -0.2) is 57.8 Å². The van der Waals surface area contributed by atoms with Gasteiger partial charge in [0.1, 0.15) is 5.82 Å². The molecule has 1 aromatic rings. The Morgan fingerprint density at radius 3 is 2.77 bits per heavy atom. The van der Waals surface area contributed by atoms with Crippen molar-refractivity contribution in [3.8, 4) is 0 Å². The molecule has 2 heterocycles. The summed E-state index contributed by atoms with van der Waals surface area (Å²) >= 11 is 0. The van der Waals surface area contributed by atoms with E-state index in [4.69, 9.17) is 9.84 Å². The number of nitrogens with zero attached hydrogens (tertiary/aromatic N) is 3. The molecule has 1 aliphatic heterocycles. The maximum Gasteiger partial charge on any atom is 0.334 e. The van der Waals surface area contributed by atoms with Gasteiger partial charge in [-0.05, 0) is 6.42 Å². The van der Waals surface area contributed by atoms with Crippen molar-refractivity contribution in [3.63, 3.8) is 0 Å². The van der Waals surface area contributed by atoms with E-state index in [2.05, 4.69) is 22.2 Å². The summed E-state index contributed by atoms with van der Waals surface area (Å²) in [5, 5.41) is 11.6. The largest absolute Gasteiger partial charge is 0.479 e. The molecule has 1 saturated heterocycles. The van der Waals surface area contributed by atoms with Gasteiger partial charge in [-0.15, -0.1) is 0 Å². The van der Waals surface area contributed by atoms with Crippen molar-refractivity contribution in [2.45, 2.75) is 32.3 Å². The molecule has 1 fully saturated rings. The van der Waals surface area contributed by atoms with E-state index in [0.29, 0.717) is 12.2 Å². The SMILES string of the molecule is CCC(C)c1ncc(NC(=O)N2CCOC(C(=O)O)C2)cn1. The predicted molar refractivity (Wildman–Crippen MR) is 78.7 cm³/mol. The predicted octanol–water partition coefficient (Wildman–Crippen LogP) is 1.31. The van der Waals surface area contributed by atoms with E-state index in [1.165, 1.54) is 4.90 Å². The Balaban J connectivity index is 1.95. The number of ether oxygens (including phenoxy) is 1. The van der Waals surface area contributed by atoms with E-state index in [1.807, 2.05) is 6.92 Å². The summed E-state index contributed by atoms with van der Waals surface area (Å²) in [4.78, 5) is 32.9. The van der Waals surface area contributed by atoms with Crippen LogP contribution in [0.2, 0.25) is 0 Å². The van der Waals surface area contributed by atoms with Gasteiger partial charge in [-0.2, -0.15) is 0 Å². The van der Waals surface area contributed by atoms with Gasteiger partial charge in [0, 0.05) is 12.5 Å². The topological polar surface area (TPSA) is 105 Å². The highest BCUT2D eigenvalue weighted by atomic mass is 16.5. The number of carboxylic acid groups (broad SMARTS) is 1. The number of hydrogen-bond acceptors (Lipinski definition) is 5. The third kappa shape index (κ3) is 3.91. The zero-order chi connectivity index (χ0) is 16.1. The number of nitrogens with one attached hydrogen (secondary N) is 1. The van der Waals surface area contributed by atoms with Crippen LogP contribution < -0.4 is 5.32 Å². The molecule has 22 heavy (non-hydrogen) atoms. The van der Waals surface area contributed by atoms with Crippen LogP contribution in [-0.2, 0) is 9.53 Å². The maximum absolute atomic E-state index is 12.1. The number of rotatable bonds is 4. The molecule has 2 atom stereocenters. The van der Waals surface area contributed by atoms with Crippen LogP contribution in [0.4, 0.5) is 10.5 Å². The smallest absolute Gasteiger partial charge is 0.334 e. The molecule has 0 aromatic carbocycles. The first-order valence-electron chi connectivity index (χ1n) is 7.23. The Morgan fingerprint density at radius 1 is 1.50 bits per heavy atom. The summed E-state index contributed by atoms with van der Waals surface area (Å²) in [7, 11) is 0. The first-order valence-corrected chi connectivity index (χ1v) is 7.23. The molecule has 120 valence electrons. The second-order valence-electron chi connectivity index (χ2n) is 5.21. The minimum absolute atomic E-state index is 0.0208. The van der Waals surface area contributed by atoms with Gasteiger partial charge in [0.15, 0.2) is 6.10 Å². The Labute approximate surface area is 128 Å². The van der Waals surface area contributed by atoms with E-state index in [-0.39, 0.29) is 25.1 Å². The number of carbonyl (C=O) groups is 2. The van der Waals surface area contributed by atoms with Gasteiger partial charge in [0.25, 0.3) is 0 Å². The van der Waals surface area contributed by atoms with Crippen molar-refractivity contribution in [2.24, 2.45) is 0 Å². The van der Waals surface area contributed by atoms with Crippen molar-refractivity contribution in [1.29, 1.82) is 0 Å². The highest BCUT2D eigenvalue weighted by Crippen LogP contribution is 2.15. The van der Waals surface area contributed by atoms with Crippen molar-refractivity contribution in [2.75, 3.05) is 25.0 Å². The number of urea groups is 1. The fourth-order valence-corrected chi connectivity index (χ4v) is 2.03. The Bertz CT molecular complexity index is 534. The van der Waals surface area contributed by atoms with E-state index in [9.17, 15) is 9.59 Å². The Morgan fingerprint density at radius 2 is 2.18 bits per heavy atom. The molecule has 2 N–H and O–H groups in total. The minimum atomic E-state index is -1.07. The van der Waals surface area contributed by atoms with Gasteiger partial charge in [-0.1, -0.05) is 13.8 Å². The van der Waals surface area contributed by atoms with E-state index < -0.39 is 12.1 Å². The Hall–Kier alpha value is -2.22. The molecular weight excluding hydrogens is 288 g/mol. The lowest BCUT2D eigenvalue weighted by atomic mass is 10.1. The lowest BCUT2D eigenvalue weighted by molar-refractivity contribution is -0.154. The molecule has 0 spiro atoms. The monoisotopic (exact) mass is 308 g/mol. The number of carbonyl (C=O) groups excluding carboxylic acids is 1. The quantitative estimate of drug-likeness (QED) is 0.869. The van der Waals surface area contributed by atoms with Gasteiger partial charge in [-0.25, -0.2) is 19.6 Å². The summed E-state index contributed by atoms with van der Waals surface area (Å²) < 4.78 is 5.08. The van der Waals surface area contributed by atoms with Gasteiger partial charge in [0.2, 0.25) is 0 Å². The summed E-state index contributed by atoms with van der Waals surface area (Å²) in [6, 6.07) is -0.380. The molecule has 0 radical (unpaired) electrons. The molecule has 1 aliphatic rings. The third-order valence-corrected chi connectivity index (χ3v) is 3.61. The van der Waals surface area contributed by atoms with Crippen LogP contribution in [0.25, 0.3) is 0 Å². The van der Waals surface area contributed by atoms with Crippen molar-refractivity contribution < 1.29 is 19.4 Å². The number of aliphatic carboxylic acids is 1. The summed E-state index contributed by atoms with van der Waals surface area (Å²) in [5.74, 6) is -0.0723. The Kier molecular flexibility index (Phi) is 5.26. The number of anilines is 1. The average Bonchev–Trinajstić information content (AvgIpc) is 2.54. The number of amides is 2. The van der Waals surface area contributed by atoms with Crippen LogP contribution in [0.1, 0.15) is 32.0 Å². The first-order chi connectivity index (χ1) is 10.5. The lowest BCUT2D eigenvalue weighted by Gasteiger charge is -2.30. The number of carboxylic acids is 1. The van der Waals surface area contributed by atoms with Crippen molar-refractivity contribution >= 4 is 17.7 Å². The fourth-order valence-electron chi connectivity index (χ4n) is 2.03. The first kappa shape index (κ1) is 16.2. The van der Waals surface area contributed by atoms with E-state index >= 15 is 0 Å². The van der Waals surface area contributed by atoms with Crippen molar-refractivity contribution in [1.82, 2.24) is 14.9 Å². The highest BCUT2D eigenvalue weighted by Gasteiger charge is 2.29. The molecule has 2 unspecified atom stereocenters. The van der Waals surface area contributed by atoms with E-state index in [0.717, 1.165) is 12.2 Å². The highest BCUT2D eigenvalue weighted by molar-refractivity contribution is 5.89. The molecule has 0 aliphatic carbocycles. The number of hydrogen-bond donors (Lipinski definition) is 2. The molecule has 8 nitrogen and oxygen atoms in total. The van der Waals surface area contributed by atoms with Gasteiger partial charge < -0.3 is 20.1 Å². The second-order valence-corrected chi connectivity index (χ2v) is 5.21. The van der Waals surface area contributed by atoms with Crippen molar-refractivity contribution in [3.05, 3.63) is 18.2 Å². The van der Waals surface area contributed by atoms with Gasteiger partial charge >= 0.3 is 12.0 Å². The maximum atomic E-state index is 12.1. The molecule has 8 heteroatoms. The molecule has 0 saturated carbocycles.